The van der Waals surface area contributed by atoms with Crippen molar-refractivity contribution in [2.75, 3.05) is 38.3 Å². The highest BCUT2D eigenvalue weighted by Crippen LogP contribution is 2.16. The summed E-state index contributed by atoms with van der Waals surface area (Å²) >= 11 is 1.29. The lowest BCUT2D eigenvalue weighted by atomic mass is 9.93. The number of nitrogens with one attached hydrogen (secondary N) is 2. The fourth-order valence-corrected chi connectivity index (χ4v) is 2.94. The molecule has 1 aromatic heterocycles. The minimum Gasteiger partial charge on any atom is -0.360 e. The van der Waals surface area contributed by atoms with Gasteiger partial charge in [0, 0.05) is 19.2 Å². The topological polar surface area (TPSA) is 87.5 Å². The maximum atomic E-state index is 12.0. The Morgan fingerprint density at radius 1 is 1.42 bits per heavy atom. The lowest BCUT2D eigenvalue weighted by molar-refractivity contribution is -0.119. The number of nitrogens with zero attached hydrogens (tertiary/aromatic N) is 2. The summed E-state index contributed by atoms with van der Waals surface area (Å²) in [5.41, 5.74) is -0.00235. The Labute approximate surface area is 147 Å². The normalized spacial score (nSPS) is 13.0. The molecule has 1 heterocycles. The summed E-state index contributed by atoms with van der Waals surface area (Å²) in [6.07, 6.45) is 0. The molecule has 0 bridgehead atoms. The number of hydrogen-bond donors (Lipinski definition) is 2. The van der Waals surface area contributed by atoms with Gasteiger partial charge in [-0.15, -0.1) is 11.8 Å². The molecule has 24 heavy (non-hydrogen) atoms. The molecule has 0 spiro atoms. The van der Waals surface area contributed by atoms with Crippen LogP contribution in [0.4, 0.5) is 5.82 Å². The molecule has 0 aliphatic rings. The van der Waals surface area contributed by atoms with E-state index in [1.165, 1.54) is 11.8 Å². The Balaban J connectivity index is 2.31. The number of aryl methyl sites for hydroxylation is 1. The van der Waals surface area contributed by atoms with Gasteiger partial charge in [0.05, 0.1) is 11.0 Å². The number of aromatic nitrogens is 1. The molecule has 0 saturated carbocycles. The number of rotatable bonds is 9. The second-order valence-electron chi connectivity index (χ2n) is 6.94. The van der Waals surface area contributed by atoms with Crippen LogP contribution >= 0.6 is 11.8 Å². The number of hydrogen-bond acceptors (Lipinski definition) is 6. The van der Waals surface area contributed by atoms with Crippen molar-refractivity contribution < 1.29 is 14.1 Å². The Kier molecular flexibility index (Phi) is 7.75. The first kappa shape index (κ1) is 20.5. The van der Waals surface area contributed by atoms with Crippen LogP contribution < -0.4 is 10.6 Å². The van der Waals surface area contributed by atoms with E-state index in [1.54, 1.807) is 19.9 Å². The van der Waals surface area contributed by atoms with Gasteiger partial charge in [0.1, 0.15) is 5.76 Å². The third-order valence-electron chi connectivity index (χ3n) is 3.22. The van der Waals surface area contributed by atoms with Gasteiger partial charge in [0.2, 0.25) is 11.8 Å². The van der Waals surface area contributed by atoms with Crippen LogP contribution in [0.1, 0.15) is 26.5 Å². The quantitative estimate of drug-likeness (QED) is 0.701. The van der Waals surface area contributed by atoms with Crippen molar-refractivity contribution in [2.45, 2.75) is 32.9 Å². The van der Waals surface area contributed by atoms with Crippen molar-refractivity contribution in [1.82, 2.24) is 15.4 Å². The summed E-state index contributed by atoms with van der Waals surface area (Å²) in [6, 6.07) is 1.65. The fraction of sp³-hybridized carbons (Fsp3) is 0.688. The SMILES string of the molecule is Cc1cc(NC(=O)[C@H](C)SCC(=O)NCC(C)(C)CN(C)C)no1. The highest BCUT2D eigenvalue weighted by Gasteiger charge is 2.21. The third kappa shape index (κ3) is 7.83. The van der Waals surface area contributed by atoms with E-state index in [4.69, 9.17) is 4.52 Å². The molecule has 0 radical (unpaired) electrons. The molecule has 1 rings (SSSR count). The van der Waals surface area contributed by atoms with Crippen molar-refractivity contribution in [1.29, 1.82) is 0 Å². The number of carbonyl (C=O) groups excluding carboxylic acids is 2. The smallest absolute Gasteiger partial charge is 0.238 e. The van der Waals surface area contributed by atoms with Crippen LogP contribution in [0.15, 0.2) is 10.6 Å². The summed E-state index contributed by atoms with van der Waals surface area (Å²) in [5.74, 6) is 0.993. The summed E-state index contributed by atoms with van der Waals surface area (Å²) in [5, 5.41) is 8.95. The molecular weight excluding hydrogens is 328 g/mol. The van der Waals surface area contributed by atoms with Gasteiger partial charge in [0.15, 0.2) is 5.82 Å². The molecule has 1 aromatic rings. The summed E-state index contributed by atoms with van der Waals surface area (Å²) in [7, 11) is 4.02. The zero-order valence-corrected chi connectivity index (χ0v) is 16.1. The molecule has 2 N–H and O–H groups in total. The predicted octanol–water partition coefficient (Wildman–Crippen LogP) is 1.75. The van der Waals surface area contributed by atoms with Gasteiger partial charge in [0.25, 0.3) is 0 Å². The molecular formula is C16H28N4O3S. The summed E-state index contributed by atoms with van der Waals surface area (Å²) < 4.78 is 4.90. The molecule has 0 aliphatic heterocycles. The van der Waals surface area contributed by atoms with Gasteiger partial charge in [-0.05, 0) is 33.4 Å². The number of carbonyl (C=O) groups is 2. The van der Waals surface area contributed by atoms with E-state index in [0.29, 0.717) is 18.1 Å². The molecule has 136 valence electrons. The second-order valence-corrected chi connectivity index (χ2v) is 8.27. The Morgan fingerprint density at radius 2 is 2.08 bits per heavy atom. The van der Waals surface area contributed by atoms with Crippen LogP contribution in [-0.2, 0) is 9.59 Å². The molecule has 2 amide bonds. The maximum Gasteiger partial charge on any atom is 0.238 e. The van der Waals surface area contributed by atoms with E-state index < -0.39 is 0 Å². The third-order valence-corrected chi connectivity index (χ3v) is 4.36. The minimum absolute atomic E-state index is 0.00235. The Hall–Kier alpha value is -1.54. The maximum absolute atomic E-state index is 12.0. The van der Waals surface area contributed by atoms with E-state index in [-0.39, 0.29) is 28.2 Å². The van der Waals surface area contributed by atoms with Crippen LogP contribution in [0, 0.1) is 12.3 Å². The first-order valence-electron chi connectivity index (χ1n) is 7.86. The average molecular weight is 356 g/mol. The minimum atomic E-state index is -0.359. The van der Waals surface area contributed by atoms with Crippen molar-refractivity contribution in [3.8, 4) is 0 Å². The second kappa shape index (κ2) is 9.08. The molecule has 0 aliphatic carbocycles. The fourth-order valence-electron chi connectivity index (χ4n) is 2.23. The van der Waals surface area contributed by atoms with E-state index >= 15 is 0 Å². The van der Waals surface area contributed by atoms with E-state index in [0.717, 1.165) is 6.54 Å². The lowest BCUT2D eigenvalue weighted by Gasteiger charge is -2.28. The molecule has 1 atom stereocenters. The van der Waals surface area contributed by atoms with Gasteiger partial charge < -0.3 is 20.1 Å². The zero-order chi connectivity index (χ0) is 18.3. The van der Waals surface area contributed by atoms with Crippen LogP contribution in [0.2, 0.25) is 0 Å². The van der Waals surface area contributed by atoms with E-state index in [2.05, 4.69) is 34.5 Å². The molecule has 0 saturated heterocycles. The predicted molar refractivity (Wildman–Crippen MR) is 97.1 cm³/mol. The van der Waals surface area contributed by atoms with Crippen molar-refractivity contribution in [3.05, 3.63) is 11.8 Å². The molecule has 0 unspecified atom stereocenters. The number of anilines is 1. The van der Waals surface area contributed by atoms with Crippen molar-refractivity contribution in [3.63, 3.8) is 0 Å². The van der Waals surface area contributed by atoms with Gasteiger partial charge in [-0.3, -0.25) is 9.59 Å². The molecule has 0 aromatic carbocycles. The molecule has 7 nitrogen and oxygen atoms in total. The zero-order valence-electron chi connectivity index (χ0n) is 15.3. The van der Waals surface area contributed by atoms with E-state index in [1.807, 2.05) is 14.1 Å². The highest BCUT2D eigenvalue weighted by molar-refractivity contribution is 8.01. The van der Waals surface area contributed by atoms with Crippen molar-refractivity contribution in [2.24, 2.45) is 5.41 Å². The lowest BCUT2D eigenvalue weighted by Crippen LogP contribution is -2.40. The summed E-state index contributed by atoms with van der Waals surface area (Å²) in [6.45, 7) is 9.21. The molecule has 0 fully saturated rings. The first-order valence-corrected chi connectivity index (χ1v) is 8.91. The first-order chi connectivity index (χ1) is 11.1. The van der Waals surface area contributed by atoms with Gasteiger partial charge in [-0.25, -0.2) is 0 Å². The van der Waals surface area contributed by atoms with Crippen LogP contribution in [-0.4, -0.2) is 60.1 Å². The van der Waals surface area contributed by atoms with Crippen LogP contribution in [0.3, 0.4) is 0 Å². The standard InChI is InChI=1S/C16H28N4O3S/c1-11-7-13(19-23-11)18-15(22)12(2)24-8-14(21)17-9-16(3,4)10-20(5)6/h7,12H,8-10H2,1-6H3,(H,17,21)(H,18,19,22)/t12-/m0/s1. The van der Waals surface area contributed by atoms with Gasteiger partial charge in [-0.1, -0.05) is 19.0 Å². The highest BCUT2D eigenvalue weighted by atomic mass is 32.2. The van der Waals surface area contributed by atoms with E-state index in [9.17, 15) is 9.59 Å². The number of thioether (sulfide) groups is 1. The number of amides is 2. The van der Waals surface area contributed by atoms with Crippen molar-refractivity contribution >= 4 is 29.4 Å². The monoisotopic (exact) mass is 356 g/mol. The van der Waals surface area contributed by atoms with Crippen LogP contribution in [0.25, 0.3) is 0 Å². The Bertz CT molecular complexity index is 557. The molecule has 8 heteroatoms. The largest absolute Gasteiger partial charge is 0.360 e. The summed E-state index contributed by atoms with van der Waals surface area (Å²) in [4.78, 5) is 26.1. The average Bonchev–Trinajstić information content (AvgIpc) is 2.86. The van der Waals surface area contributed by atoms with Gasteiger partial charge in [-0.2, -0.15) is 0 Å². The Morgan fingerprint density at radius 3 is 2.62 bits per heavy atom. The van der Waals surface area contributed by atoms with Gasteiger partial charge >= 0.3 is 0 Å². The van der Waals surface area contributed by atoms with Crippen LogP contribution in [0.5, 0.6) is 0 Å².